The van der Waals surface area contributed by atoms with Gasteiger partial charge in [-0.05, 0) is 43.6 Å². The maximum atomic E-state index is 5.40. The molecule has 2 saturated carbocycles. The van der Waals surface area contributed by atoms with Crippen LogP contribution < -0.4 is 5.32 Å². The maximum absolute atomic E-state index is 5.40. The van der Waals surface area contributed by atoms with Crippen LogP contribution in [-0.4, -0.2) is 26.3 Å². The predicted molar refractivity (Wildman–Crippen MR) is 46.9 cm³/mol. The molecule has 0 radical (unpaired) electrons. The molecule has 0 amide bonds. The summed E-state index contributed by atoms with van der Waals surface area (Å²) in [4.78, 5) is 0. The van der Waals surface area contributed by atoms with E-state index in [1.807, 2.05) is 0 Å². The highest BCUT2D eigenvalue weighted by atomic mass is 16.5. The van der Waals surface area contributed by atoms with Crippen LogP contribution >= 0.6 is 0 Å². The summed E-state index contributed by atoms with van der Waals surface area (Å²) in [6.45, 7) is 2.08. The first kappa shape index (κ1) is 7.34. The van der Waals surface area contributed by atoms with Crippen molar-refractivity contribution in [1.29, 1.82) is 0 Å². The fourth-order valence-electron chi connectivity index (χ4n) is 3.01. The predicted octanol–water partition coefficient (Wildman–Crippen LogP) is 0.877. The summed E-state index contributed by atoms with van der Waals surface area (Å²) in [6.07, 6.45) is 2.92. The van der Waals surface area contributed by atoms with Crippen molar-refractivity contribution in [3.05, 3.63) is 0 Å². The van der Waals surface area contributed by atoms with E-state index < -0.39 is 0 Å². The summed E-state index contributed by atoms with van der Waals surface area (Å²) in [5, 5.41) is 3.50. The highest BCUT2D eigenvalue weighted by molar-refractivity contribution is 5.08. The van der Waals surface area contributed by atoms with Crippen LogP contribution in [0.2, 0.25) is 0 Å². The van der Waals surface area contributed by atoms with Gasteiger partial charge in [0.15, 0.2) is 0 Å². The first-order valence-electron chi connectivity index (χ1n) is 5.17. The molecule has 3 unspecified atom stereocenters. The summed E-state index contributed by atoms with van der Waals surface area (Å²) in [7, 11) is 2.12. The first-order chi connectivity index (χ1) is 5.92. The smallest absolute Gasteiger partial charge is 0.0501 e. The fraction of sp³-hybridized carbons (Fsp3) is 1.00. The van der Waals surface area contributed by atoms with E-state index in [-0.39, 0.29) is 0 Å². The number of nitrogens with one attached hydrogen (secondary N) is 1. The van der Waals surface area contributed by atoms with Gasteiger partial charge in [0.25, 0.3) is 0 Å². The Hall–Kier alpha value is -0.0800. The SMILES string of the molecule is CNC(C1CC1)C1C2COCC21. The minimum atomic E-state index is 0.823. The second-order valence-electron chi connectivity index (χ2n) is 4.59. The molecule has 1 N–H and O–H groups in total. The molecule has 3 rings (SSSR count). The van der Waals surface area contributed by atoms with Gasteiger partial charge in [-0.2, -0.15) is 0 Å². The van der Waals surface area contributed by atoms with Crippen molar-refractivity contribution in [3.8, 4) is 0 Å². The minimum Gasteiger partial charge on any atom is -0.381 e. The third-order valence-corrected chi connectivity index (χ3v) is 3.90. The van der Waals surface area contributed by atoms with Crippen LogP contribution in [0.15, 0.2) is 0 Å². The summed E-state index contributed by atoms with van der Waals surface area (Å²) >= 11 is 0. The van der Waals surface area contributed by atoms with E-state index in [2.05, 4.69) is 12.4 Å². The van der Waals surface area contributed by atoms with Gasteiger partial charge < -0.3 is 10.1 Å². The largest absolute Gasteiger partial charge is 0.381 e. The van der Waals surface area contributed by atoms with Gasteiger partial charge in [-0.25, -0.2) is 0 Å². The van der Waals surface area contributed by atoms with E-state index in [0.717, 1.165) is 42.9 Å². The van der Waals surface area contributed by atoms with Crippen LogP contribution in [0, 0.1) is 23.7 Å². The lowest BCUT2D eigenvalue weighted by Gasteiger charge is -2.17. The molecule has 0 aromatic rings. The van der Waals surface area contributed by atoms with E-state index in [0.29, 0.717) is 0 Å². The number of fused-ring (bicyclic) bond motifs is 1. The fourth-order valence-corrected chi connectivity index (χ4v) is 3.01. The molecule has 3 fully saturated rings. The van der Waals surface area contributed by atoms with Crippen LogP contribution in [0.25, 0.3) is 0 Å². The molecule has 12 heavy (non-hydrogen) atoms. The highest BCUT2D eigenvalue weighted by Crippen LogP contribution is 2.56. The molecule has 3 atom stereocenters. The van der Waals surface area contributed by atoms with Gasteiger partial charge in [-0.3, -0.25) is 0 Å². The standard InChI is InChI=1S/C10H17NO/c1-11-10(6-2-3-6)9-7-4-12-5-8(7)9/h6-11H,2-5H2,1H3. The molecule has 0 aromatic heterocycles. The minimum absolute atomic E-state index is 0.823. The van der Waals surface area contributed by atoms with Gasteiger partial charge in [-0.1, -0.05) is 0 Å². The molecule has 0 aromatic carbocycles. The summed E-state index contributed by atoms with van der Waals surface area (Å²) in [5.41, 5.74) is 0. The Balaban J connectivity index is 1.65. The molecule has 0 spiro atoms. The normalized spacial score (nSPS) is 47.2. The Labute approximate surface area is 73.7 Å². The van der Waals surface area contributed by atoms with Crippen molar-refractivity contribution >= 4 is 0 Å². The van der Waals surface area contributed by atoms with Crippen molar-refractivity contribution in [1.82, 2.24) is 5.32 Å². The number of hydrogen-bond acceptors (Lipinski definition) is 2. The van der Waals surface area contributed by atoms with Crippen LogP contribution in [0.4, 0.5) is 0 Å². The molecular formula is C10H17NO. The van der Waals surface area contributed by atoms with Crippen LogP contribution in [0.5, 0.6) is 0 Å². The van der Waals surface area contributed by atoms with Crippen molar-refractivity contribution < 1.29 is 4.74 Å². The molecular weight excluding hydrogens is 150 g/mol. The average molecular weight is 167 g/mol. The van der Waals surface area contributed by atoms with Crippen LogP contribution in [0.3, 0.4) is 0 Å². The number of hydrogen-bond donors (Lipinski definition) is 1. The molecule has 3 aliphatic rings. The Kier molecular flexibility index (Phi) is 1.50. The molecule has 2 aliphatic carbocycles. The molecule has 2 nitrogen and oxygen atoms in total. The van der Waals surface area contributed by atoms with Crippen LogP contribution in [-0.2, 0) is 4.74 Å². The van der Waals surface area contributed by atoms with E-state index in [9.17, 15) is 0 Å². The second kappa shape index (κ2) is 2.46. The van der Waals surface area contributed by atoms with Gasteiger partial charge in [0, 0.05) is 6.04 Å². The zero-order valence-corrected chi connectivity index (χ0v) is 7.62. The Morgan fingerprint density at radius 2 is 1.92 bits per heavy atom. The molecule has 1 saturated heterocycles. The average Bonchev–Trinajstić information content (AvgIpc) is 2.98. The third kappa shape index (κ3) is 0.944. The Morgan fingerprint density at radius 1 is 1.25 bits per heavy atom. The Bertz CT molecular complexity index is 180. The highest BCUT2D eigenvalue weighted by Gasteiger charge is 2.59. The van der Waals surface area contributed by atoms with Gasteiger partial charge >= 0.3 is 0 Å². The lowest BCUT2D eigenvalue weighted by molar-refractivity contribution is 0.141. The molecule has 1 aliphatic heterocycles. The lowest BCUT2D eigenvalue weighted by Crippen LogP contribution is -2.32. The van der Waals surface area contributed by atoms with Crippen molar-refractivity contribution in [2.45, 2.75) is 18.9 Å². The van der Waals surface area contributed by atoms with Gasteiger partial charge in [-0.15, -0.1) is 0 Å². The topological polar surface area (TPSA) is 21.3 Å². The monoisotopic (exact) mass is 167 g/mol. The molecule has 0 bridgehead atoms. The van der Waals surface area contributed by atoms with E-state index >= 15 is 0 Å². The lowest BCUT2D eigenvalue weighted by atomic mass is 10.0. The summed E-state index contributed by atoms with van der Waals surface area (Å²) < 4.78 is 5.40. The molecule has 2 heteroatoms. The summed E-state index contributed by atoms with van der Waals surface area (Å²) in [5.74, 6) is 3.81. The van der Waals surface area contributed by atoms with Gasteiger partial charge in [0.05, 0.1) is 13.2 Å². The molecule has 1 heterocycles. The number of ether oxygens (including phenoxy) is 1. The third-order valence-electron chi connectivity index (χ3n) is 3.90. The van der Waals surface area contributed by atoms with Crippen molar-refractivity contribution in [2.24, 2.45) is 23.7 Å². The van der Waals surface area contributed by atoms with Crippen LogP contribution in [0.1, 0.15) is 12.8 Å². The van der Waals surface area contributed by atoms with E-state index in [4.69, 9.17) is 4.74 Å². The van der Waals surface area contributed by atoms with Gasteiger partial charge in [0.1, 0.15) is 0 Å². The Morgan fingerprint density at radius 3 is 2.42 bits per heavy atom. The first-order valence-corrected chi connectivity index (χ1v) is 5.17. The number of rotatable bonds is 3. The molecule has 68 valence electrons. The zero-order chi connectivity index (χ0) is 8.13. The van der Waals surface area contributed by atoms with Gasteiger partial charge in [0.2, 0.25) is 0 Å². The van der Waals surface area contributed by atoms with E-state index in [1.54, 1.807) is 0 Å². The summed E-state index contributed by atoms with van der Waals surface area (Å²) in [6, 6.07) is 0.823. The van der Waals surface area contributed by atoms with Crippen molar-refractivity contribution in [2.75, 3.05) is 20.3 Å². The quantitative estimate of drug-likeness (QED) is 0.673. The second-order valence-corrected chi connectivity index (χ2v) is 4.59. The van der Waals surface area contributed by atoms with E-state index in [1.165, 1.54) is 12.8 Å². The maximum Gasteiger partial charge on any atom is 0.0501 e. The van der Waals surface area contributed by atoms with Crippen molar-refractivity contribution in [3.63, 3.8) is 0 Å². The zero-order valence-electron chi connectivity index (χ0n) is 7.62.